The molecule has 1 aromatic heterocycles. The second-order valence-corrected chi connectivity index (χ2v) is 6.91. The number of nitrogens with one attached hydrogen (secondary N) is 1. The van der Waals surface area contributed by atoms with Gasteiger partial charge in [0, 0.05) is 26.1 Å². The molecule has 0 bridgehead atoms. The monoisotopic (exact) mass is 422 g/mol. The van der Waals surface area contributed by atoms with Crippen LogP contribution in [0.25, 0.3) is 5.69 Å². The van der Waals surface area contributed by atoms with Crippen molar-refractivity contribution < 1.29 is 19.1 Å². The zero-order valence-electron chi connectivity index (χ0n) is 18.1. The number of nitrogens with zero attached hydrogens (tertiary/aromatic N) is 3. The predicted molar refractivity (Wildman–Crippen MR) is 118 cm³/mol. The number of amides is 2. The summed E-state index contributed by atoms with van der Waals surface area (Å²) in [6, 6.07) is 16.4. The minimum atomic E-state index is -0.267. The van der Waals surface area contributed by atoms with Crippen LogP contribution in [0.2, 0.25) is 0 Å². The number of para-hydroxylation sites is 1. The standard InChI is InChI=1S/C23H26N4O4/c1-5-22(28)24-21-14-18(25-27(21)17-9-7-6-8-10-17)23(29)26(2)15-16-11-12-19(30-3)20(13-16)31-4/h6-14H,5,15H2,1-4H3,(H,24,28). The second-order valence-electron chi connectivity index (χ2n) is 6.91. The summed E-state index contributed by atoms with van der Waals surface area (Å²) in [4.78, 5) is 26.6. The predicted octanol–water partition coefficient (Wildman–Crippen LogP) is 3.51. The molecule has 2 amide bonds. The molecule has 8 nitrogen and oxygen atoms in total. The van der Waals surface area contributed by atoms with Gasteiger partial charge in [0.1, 0.15) is 5.82 Å². The van der Waals surface area contributed by atoms with Gasteiger partial charge >= 0.3 is 0 Å². The largest absolute Gasteiger partial charge is 0.493 e. The molecule has 3 rings (SSSR count). The lowest BCUT2D eigenvalue weighted by Gasteiger charge is -2.17. The molecule has 0 saturated heterocycles. The van der Waals surface area contributed by atoms with Crippen LogP contribution in [0.1, 0.15) is 29.4 Å². The Morgan fingerprint density at radius 3 is 2.39 bits per heavy atom. The van der Waals surface area contributed by atoms with Crippen LogP contribution in [0.15, 0.2) is 54.6 Å². The van der Waals surface area contributed by atoms with Crippen LogP contribution in [0.4, 0.5) is 5.82 Å². The summed E-state index contributed by atoms with van der Waals surface area (Å²) in [7, 11) is 4.84. The second kappa shape index (κ2) is 9.80. The van der Waals surface area contributed by atoms with Crippen molar-refractivity contribution in [3.8, 4) is 17.2 Å². The molecule has 0 spiro atoms. The maximum atomic E-state index is 13.1. The van der Waals surface area contributed by atoms with E-state index in [2.05, 4.69) is 10.4 Å². The van der Waals surface area contributed by atoms with Gasteiger partial charge in [0.15, 0.2) is 17.2 Å². The van der Waals surface area contributed by atoms with E-state index in [1.165, 1.54) is 0 Å². The topological polar surface area (TPSA) is 85.7 Å². The number of anilines is 1. The highest BCUT2D eigenvalue weighted by atomic mass is 16.5. The first kappa shape index (κ1) is 21.9. The van der Waals surface area contributed by atoms with Crippen molar-refractivity contribution in [3.63, 3.8) is 0 Å². The van der Waals surface area contributed by atoms with Gasteiger partial charge in [-0.3, -0.25) is 9.59 Å². The molecule has 0 aliphatic carbocycles. The molecule has 2 aromatic carbocycles. The molecule has 1 heterocycles. The summed E-state index contributed by atoms with van der Waals surface area (Å²) < 4.78 is 12.2. The zero-order chi connectivity index (χ0) is 22.4. The number of carbonyl (C=O) groups excluding carboxylic acids is 2. The van der Waals surface area contributed by atoms with Gasteiger partial charge in [-0.05, 0) is 29.8 Å². The minimum Gasteiger partial charge on any atom is -0.493 e. The number of rotatable bonds is 8. The van der Waals surface area contributed by atoms with Crippen molar-refractivity contribution in [2.45, 2.75) is 19.9 Å². The Labute approximate surface area is 181 Å². The molecule has 0 unspecified atom stereocenters. The number of benzene rings is 2. The fourth-order valence-corrected chi connectivity index (χ4v) is 3.09. The normalized spacial score (nSPS) is 10.5. The summed E-state index contributed by atoms with van der Waals surface area (Å²) in [5, 5.41) is 7.27. The van der Waals surface area contributed by atoms with Crippen LogP contribution in [0, 0.1) is 0 Å². The maximum absolute atomic E-state index is 13.1. The summed E-state index contributed by atoms with van der Waals surface area (Å²) in [6.07, 6.45) is 0.322. The summed E-state index contributed by atoms with van der Waals surface area (Å²) in [5.74, 6) is 1.24. The van der Waals surface area contributed by atoms with Gasteiger partial charge in [0.05, 0.1) is 19.9 Å². The first-order valence-electron chi connectivity index (χ1n) is 9.88. The number of methoxy groups -OCH3 is 2. The van der Waals surface area contributed by atoms with Crippen LogP contribution >= 0.6 is 0 Å². The van der Waals surface area contributed by atoms with Gasteiger partial charge in [-0.2, -0.15) is 5.10 Å². The zero-order valence-corrected chi connectivity index (χ0v) is 18.1. The van der Waals surface area contributed by atoms with Crippen LogP contribution in [-0.2, 0) is 11.3 Å². The van der Waals surface area contributed by atoms with Crippen LogP contribution in [0.5, 0.6) is 11.5 Å². The van der Waals surface area contributed by atoms with E-state index >= 15 is 0 Å². The molecule has 3 aromatic rings. The first-order chi connectivity index (χ1) is 15.0. The highest BCUT2D eigenvalue weighted by molar-refractivity contribution is 5.95. The fraction of sp³-hybridized carbons (Fsp3) is 0.261. The van der Waals surface area contributed by atoms with E-state index in [0.29, 0.717) is 30.3 Å². The van der Waals surface area contributed by atoms with Gasteiger partial charge in [-0.15, -0.1) is 0 Å². The van der Waals surface area contributed by atoms with E-state index in [9.17, 15) is 9.59 Å². The Bertz CT molecular complexity index is 1060. The molecule has 0 atom stereocenters. The van der Waals surface area contributed by atoms with Crippen molar-refractivity contribution in [2.24, 2.45) is 0 Å². The van der Waals surface area contributed by atoms with Crippen molar-refractivity contribution in [3.05, 3.63) is 65.9 Å². The summed E-state index contributed by atoms with van der Waals surface area (Å²) in [6.45, 7) is 2.12. The SMILES string of the molecule is CCC(=O)Nc1cc(C(=O)N(C)Cc2ccc(OC)c(OC)c2)nn1-c1ccccc1. The molecule has 0 radical (unpaired) electrons. The number of ether oxygens (including phenoxy) is 2. The molecular weight excluding hydrogens is 396 g/mol. The lowest BCUT2D eigenvalue weighted by atomic mass is 10.2. The van der Waals surface area contributed by atoms with E-state index in [1.54, 1.807) is 49.9 Å². The number of aromatic nitrogens is 2. The molecule has 0 aliphatic heterocycles. The Morgan fingerprint density at radius 2 is 1.74 bits per heavy atom. The number of hydrogen-bond donors (Lipinski definition) is 1. The quantitative estimate of drug-likeness (QED) is 0.600. The fourth-order valence-electron chi connectivity index (χ4n) is 3.09. The maximum Gasteiger partial charge on any atom is 0.274 e. The number of hydrogen-bond acceptors (Lipinski definition) is 5. The van der Waals surface area contributed by atoms with Crippen LogP contribution in [-0.4, -0.2) is 47.8 Å². The van der Waals surface area contributed by atoms with Gasteiger partial charge in [0.2, 0.25) is 5.91 Å². The molecule has 0 saturated carbocycles. The van der Waals surface area contributed by atoms with E-state index < -0.39 is 0 Å². The lowest BCUT2D eigenvalue weighted by molar-refractivity contribution is -0.115. The smallest absolute Gasteiger partial charge is 0.274 e. The highest BCUT2D eigenvalue weighted by Crippen LogP contribution is 2.28. The van der Waals surface area contributed by atoms with Crippen LogP contribution in [0.3, 0.4) is 0 Å². The van der Waals surface area contributed by atoms with E-state index in [1.807, 2.05) is 42.5 Å². The third kappa shape index (κ3) is 5.03. The van der Waals surface area contributed by atoms with E-state index in [-0.39, 0.29) is 17.5 Å². The summed E-state index contributed by atoms with van der Waals surface area (Å²) in [5.41, 5.74) is 1.87. The molecule has 1 N–H and O–H groups in total. The highest BCUT2D eigenvalue weighted by Gasteiger charge is 2.20. The van der Waals surface area contributed by atoms with E-state index in [4.69, 9.17) is 9.47 Å². The molecular formula is C23H26N4O4. The third-order valence-corrected chi connectivity index (χ3v) is 4.73. The van der Waals surface area contributed by atoms with E-state index in [0.717, 1.165) is 11.3 Å². The summed E-state index contributed by atoms with van der Waals surface area (Å²) >= 11 is 0. The molecule has 31 heavy (non-hydrogen) atoms. The molecule has 8 heteroatoms. The lowest BCUT2D eigenvalue weighted by Crippen LogP contribution is -2.26. The molecule has 0 aliphatic rings. The molecule has 0 fully saturated rings. The Morgan fingerprint density at radius 1 is 1.03 bits per heavy atom. The Kier molecular flexibility index (Phi) is 6.92. The van der Waals surface area contributed by atoms with Gasteiger partial charge in [0.25, 0.3) is 5.91 Å². The van der Waals surface area contributed by atoms with Gasteiger partial charge in [-0.25, -0.2) is 4.68 Å². The van der Waals surface area contributed by atoms with Crippen molar-refractivity contribution >= 4 is 17.6 Å². The van der Waals surface area contributed by atoms with Crippen molar-refractivity contribution in [1.29, 1.82) is 0 Å². The molecule has 162 valence electrons. The van der Waals surface area contributed by atoms with Crippen molar-refractivity contribution in [2.75, 3.05) is 26.6 Å². The average molecular weight is 422 g/mol. The number of carbonyl (C=O) groups is 2. The Balaban J connectivity index is 1.86. The van der Waals surface area contributed by atoms with Gasteiger partial charge < -0.3 is 19.7 Å². The average Bonchev–Trinajstić information content (AvgIpc) is 3.22. The minimum absolute atomic E-state index is 0.158. The van der Waals surface area contributed by atoms with Crippen molar-refractivity contribution in [1.82, 2.24) is 14.7 Å². The van der Waals surface area contributed by atoms with Crippen LogP contribution < -0.4 is 14.8 Å². The Hall–Kier alpha value is -3.81. The third-order valence-electron chi connectivity index (χ3n) is 4.73. The first-order valence-corrected chi connectivity index (χ1v) is 9.88. The van der Waals surface area contributed by atoms with Gasteiger partial charge in [-0.1, -0.05) is 31.2 Å².